The first-order valence-corrected chi connectivity index (χ1v) is 12.4. The molecular weight excluding hydrogens is 458 g/mol. The predicted octanol–water partition coefficient (Wildman–Crippen LogP) is 3.56. The molecule has 2 unspecified atom stereocenters. The van der Waals surface area contributed by atoms with E-state index in [-0.39, 0.29) is 35.2 Å². The van der Waals surface area contributed by atoms with Gasteiger partial charge in [-0.15, -0.1) is 0 Å². The van der Waals surface area contributed by atoms with Crippen LogP contribution in [0, 0.1) is 0 Å². The minimum atomic E-state index is -3.87. The topological polar surface area (TPSA) is 137 Å². The molecular formula is C21H26ClN3O6S. The van der Waals surface area contributed by atoms with Crippen LogP contribution in [0.25, 0.3) is 0 Å². The summed E-state index contributed by atoms with van der Waals surface area (Å²) in [6, 6.07) is 6.17. The fourth-order valence-corrected chi connectivity index (χ4v) is 6.23. The van der Waals surface area contributed by atoms with E-state index in [0.29, 0.717) is 19.3 Å². The molecule has 0 saturated carbocycles. The first-order valence-electron chi connectivity index (χ1n) is 10.5. The minimum Gasteiger partial charge on any atom is -0.476 e. The number of hydrogen-bond acceptors (Lipinski definition) is 6. The maximum atomic E-state index is 13.1. The van der Waals surface area contributed by atoms with E-state index in [0.717, 1.165) is 23.3 Å². The van der Waals surface area contributed by atoms with Crippen LogP contribution in [-0.4, -0.2) is 64.1 Å². The lowest BCUT2D eigenvalue weighted by molar-refractivity contribution is -0.129. The molecule has 2 N–H and O–H groups in total. The molecule has 0 aliphatic carbocycles. The molecule has 11 heteroatoms. The number of carboxylic acids is 1. The van der Waals surface area contributed by atoms with E-state index in [1.165, 1.54) is 12.1 Å². The van der Waals surface area contributed by atoms with Gasteiger partial charge in [-0.25, -0.2) is 28.0 Å². The van der Waals surface area contributed by atoms with Crippen LogP contribution < -0.4 is 0 Å². The highest BCUT2D eigenvalue weighted by molar-refractivity contribution is 7.92. The highest BCUT2D eigenvalue weighted by Crippen LogP contribution is 2.33. The average molecular weight is 484 g/mol. The zero-order valence-corrected chi connectivity index (χ0v) is 19.3. The van der Waals surface area contributed by atoms with E-state index in [2.05, 4.69) is 9.98 Å². The number of benzene rings is 1. The SMILES string of the molecule is CCCCC1(Cc2ccc(S(=O)(=O)C3CCCCN3C(=O)O)cc2)N=C(Cl)C(C(=O)O)=N1. The third-order valence-corrected chi connectivity index (χ3v) is 8.14. The van der Waals surface area contributed by atoms with Gasteiger partial charge in [0.15, 0.2) is 26.4 Å². The molecule has 0 bridgehead atoms. The lowest BCUT2D eigenvalue weighted by atomic mass is 9.95. The number of nitrogens with zero attached hydrogens (tertiary/aromatic N) is 3. The summed E-state index contributed by atoms with van der Waals surface area (Å²) in [5, 5.41) is 17.5. The molecule has 1 fully saturated rings. The Morgan fingerprint density at radius 1 is 1.19 bits per heavy atom. The number of piperidine rings is 1. The van der Waals surface area contributed by atoms with Crippen LogP contribution in [0.3, 0.4) is 0 Å². The average Bonchev–Trinajstić information content (AvgIpc) is 3.09. The molecule has 2 heterocycles. The highest BCUT2D eigenvalue weighted by Gasteiger charge is 2.39. The zero-order valence-electron chi connectivity index (χ0n) is 17.7. The first-order chi connectivity index (χ1) is 15.1. The van der Waals surface area contributed by atoms with Crippen molar-refractivity contribution >= 4 is 44.4 Å². The van der Waals surface area contributed by atoms with Gasteiger partial charge in [-0.2, -0.15) is 0 Å². The van der Waals surface area contributed by atoms with Crippen LogP contribution in [-0.2, 0) is 21.1 Å². The standard InChI is InChI=1S/C21H26ClN3O6S/c1-2-3-11-21(23-17(19(26)27)18(22)24-21)13-14-7-9-15(10-8-14)32(30,31)16-6-4-5-12-25(16)20(28)29/h7-10,16H,2-6,11-13H2,1H3,(H,26,27)(H,28,29). The Labute approximate surface area is 191 Å². The lowest BCUT2D eigenvalue weighted by Gasteiger charge is -2.33. The predicted molar refractivity (Wildman–Crippen MR) is 120 cm³/mol. The van der Waals surface area contributed by atoms with E-state index in [9.17, 15) is 28.2 Å². The van der Waals surface area contributed by atoms with Crippen LogP contribution in [0.2, 0.25) is 0 Å². The van der Waals surface area contributed by atoms with Gasteiger partial charge >= 0.3 is 12.1 Å². The Hall–Kier alpha value is -2.46. The summed E-state index contributed by atoms with van der Waals surface area (Å²) in [5.74, 6) is -1.24. The van der Waals surface area contributed by atoms with Gasteiger partial charge in [0.05, 0.1) is 4.90 Å². The number of carbonyl (C=O) groups is 2. The highest BCUT2D eigenvalue weighted by atomic mass is 35.5. The molecule has 32 heavy (non-hydrogen) atoms. The third kappa shape index (κ3) is 4.96. The van der Waals surface area contributed by atoms with Crippen molar-refractivity contribution in [2.24, 2.45) is 9.98 Å². The number of hydrogen-bond donors (Lipinski definition) is 2. The van der Waals surface area contributed by atoms with Gasteiger partial charge in [0.2, 0.25) is 0 Å². The van der Waals surface area contributed by atoms with Gasteiger partial charge in [-0.05, 0) is 49.8 Å². The normalized spacial score (nSPS) is 23.6. The van der Waals surface area contributed by atoms with Crippen LogP contribution in [0.1, 0.15) is 51.0 Å². The molecule has 2 atom stereocenters. The molecule has 3 rings (SSSR count). The van der Waals surface area contributed by atoms with E-state index < -0.39 is 32.9 Å². The zero-order chi connectivity index (χ0) is 23.5. The number of sulfone groups is 1. The van der Waals surface area contributed by atoms with Crippen molar-refractivity contribution in [2.75, 3.05) is 6.54 Å². The van der Waals surface area contributed by atoms with Gasteiger partial charge < -0.3 is 10.2 Å². The third-order valence-electron chi connectivity index (χ3n) is 5.75. The van der Waals surface area contributed by atoms with Gasteiger partial charge in [0.1, 0.15) is 5.37 Å². The first kappa shape index (κ1) is 24.2. The second-order valence-corrected chi connectivity index (χ2v) is 10.5. The molecule has 1 aromatic rings. The fourth-order valence-electron chi connectivity index (χ4n) is 4.11. The van der Waals surface area contributed by atoms with Gasteiger partial charge in [0, 0.05) is 13.0 Å². The Kier molecular flexibility index (Phi) is 7.24. The number of halogens is 1. The van der Waals surface area contributed by atoms with Crippen molar-refractivity contribution < 1.29 is 28.2 Å². The number of carboxylic acid groups (broad SMARTS) is 2. The molecule has 1 amide bonds. The Morgan fingerprint density at radius 2 is 1.88 bits per heavy atom. The molecule has 0 aromatic heterocycles. The molecule has 0 radical (unpaired) electrons. The molecule has 9 nitrogen and oxygen atoms in total. The maximum Gasteiger partial charge on any atom is 0.408 e. The molecule has 2 aliphatic rings. The van der Waals surface area contributed by atoms with Crippen molar-refractivity contribution in [3.05, 3.63) is 29.8 Å². The molecule has 2 aliphatic heterocycles. The monoisotopic (exact) mass is 483 g/mol. The Morgan fingerprint density at radius 3 is 2.44 bits per heavy atom. The second-order valence-electron chi connectivity index (χ2n) is 8.05. The Bertz CT molecular complexity index is 1050. The van der Waals surface area contributed by atoms with Crippen molar-refractivity contribution in [3.8, 4) is 0 Å². The summed E-state index contributed by atoms with van der Waals surface area (Å²) in [7, 11) is -3.87. The molecule has 174 valence electrons. The smallest absolute Gasteiger partial charge is 0.408 e. The van der Waals surface area contributed by atoms with E-state index >= 15 is 0 Å². The van der Waals surface area contributed by atoms with E-state index in [1.54, 1.807) is 12.1 Å². The van der Waals surface area contributed by atoms with Crippen LogP contribution in [0.15, 0.2) is 39.1 Å². The van der Waals surface area contributed by atoms with Gasteiger partial charge in [-0.3, -0.25) is 4.90 Å². The number of aliphatic carboxylic acids is 1. The lowest BCUT2D eigenvalue weighted by Crippen LogP contribution is -2.47. The molecule has 0 spiro atoms. The minimum absolute atomic E-state index is 0.0460. The van der Waals surface area contributed by atoms with Crippen LogP contribution in [0.4, 0.5) is 4.79 Å². The molecule has 1 aromatic carbocycles. The largest absolute Gasteiger partial charge is 0.476 e. The molecule has 1 saturated heterocycles. The quantitative estimate of drug-likeness (QED) is 0.580. The van der Waals surface area contributed by atoms with Crippen molar-refractivity contribution in [3.63, 3.8) is 0 Å². The Balaban J connectivity index is 1.86. The van der Waals surface area contributed by atoms with E-state index in [4.69, 9.17) is 11.6 Å². The fraction of sp³-hybridized carbons (Fsp3) is 0.524. The van der Waals surface area contributed by atoms with Gasteiger partial charge in [0.25, 0.3) is 0 Å². The van der Waals surface area contributed by atoms with Crippen LogP contribution in [0.5, 0.6) is 0 Å². The summed E-state index contributed by atoms with van der Waals surface area (Å²) in [5.41, 5.74) is -0.583. The van der Waals surface area contributed by atoms with E-state index in [1.807, 2.05) is 6.92 Å². The summed E-state index contributed by atoms with van der Waals surface area (Å²) in [4.78, 5) is 32.6. The maximum absolute atomic E-state index is 13.1. The number of likely N-dealkylation sites (tertiary alicyclic amines) is 1. The summed E-state index contributed by atoms with van der Waals surface area (Å²) in [6.07, 6.45) is 2.71. The van der Waals surface area contributed by atoms with Crippen LogP contribution >= 0.6 is 11.6 Å². The van der Waals surface area contributed by atoms with Crippen molar-refractivity contribution in [2.45, 2.75) is 67.8 Å². The van der Waals surface area contributed by atoms with Gasteiger partial charge in [-0.1, -0.05) is 37.1 Å². The number of unbranched alkanes of at least 4 members (excludes halogenated alkanes) is 1. The summed E-state index contributed by atoms with van der Waals surface area (Å²) >= 11 is 6.02. The van der Waals surface area contributed by atoms with Crippen molar-refractivity contribution in [1.29, 1.82) is 0 Å². The number of rotatable bonds is 8. The second kappa shape index (κ2) is 9.58. The van der Waals surface area contributed by atoms with Crippen molar-refractivity contribution in [1.82, 2.24) is 4.90 Å². The summed E-state index contributed by atoms with van der Waals surface area (Å²) < 4.78 is 26.2. The number of amides is 1. The number of aliphatic imine (C=N–C) groups is 2. The summed E-state index contributed by atoms with van der Waals surface area (Å²) in [6.45, 7) is 2.20.